The van der Waals surface area contributed by atoms with Gasteiger partial charge in [-0.3, -0.25) is 0 Å². The maximum Gasteiger partial charge on any atom is 0.0543 e. The fraction of sp³-hybridized carbons (Fsp3) is 1.00. The monoisotopic (exact) mass is 360 g/mol. The molecule has 4 rings (SSSR count). The molecule has 150 valence electrons. The summed E-state index contributed by atoms with van der Waals surface area (Å²) >= 11 is 0. The van der Waals surface area contributed by atoms with Crippen LogP contribution in [-0.2, 0) is 0 Å². The molecule has 9 atom stereocenters. The highest BCUT2D eigenvalue weighted by Crippen LogP contribution is 2.68. The van der Waals surface area contributed by atoms with Crippen LogP contribution in [0.15, 0.2) is 0 Å². The molecule has 0 spiro atoms. The molecule has 0 heterocycles. The van der Waals surface area contributed by atoms with E-state index < -0.39 is 0 Å². The van der Waals surface area contributed by atoms with E-state index in [1.165, 1.54) is 64.2 Å². The van der Waals surface area contributed by atoms with Crippen molar-refractivity contribution in [2.24, 2.45) is 46.3 Å². The second-order valence-corrected chi connectivity index (χ2v) is 11.4. The Bertz CT molecular complexity index is 500. The molecule has 4 fully saturated rings. The highest BCUT2D eigenvalue weighted by atomic mass is 16.3. The lowest BCUT2D eigenvalue weighted by molar-refractivity contribution is -0.129. The highest BCUT2D eigenvalue weighted by Gasteiger charge is 2.60. The fourth-order valence-corrected chi connectivity index (χ4v) is 8.94. The lowest BCUT2D eigenvalue weighted by Crippen LogP contribution is -2.54. The first kappa shape index (κ1) is 19.3. The molecule has 4 saturated carbocycles. The van der Waals surface area contributed by atoms with Gasteiger partial charge in [0.05, 0.1) is 6.10 Å². The minimum absolute atomic E-state index is 0.00578. The summed E-state index contributed by atoms with van der Waals surface area (Å²) < 4.78 is 0. The third kappa shape index (κ3) is 2.90. The van der Waals surface area contributed by atoms with Gasteiger partial charge in [-0.2, -0.15) is 0 Å². The van der Waals surface area contributed by atoms with Crippen LogP contribution in [0.3, 0.4) is 0 Å². The number of hydrogen-bond donors (Lipinski definition) is 1. The molecule has 0 aromatic rings. The van der Waals surface area contributed by atoms with Gasteiger partial charge in [-0.15, -0.1) is 0 Å². The zero-order chi connectivity index (χ0) is 18.5. The fourth-order valence-electron chi connectivity index (χ4n) is 8.94. The average molecular weight is 361 g/mol. The van der Waals surface area contributed by atoms with Crippen LogP contribution in [0.2, 0.25) is 0 Å². The summed E-state index contributed by atoms with van der Waals surface area (Å²) in [7, 11) is 0. The molecule has 4 aliphatic carbocycles. The average Bonchev–Trinajstić information content (AvgIpc) is 2.97. The molecule has 0 amide bonds. The third-order valence-electron chi connectivity index (χ3n) is 10.4. The molecular weight excluding hydrogens is 316 g/mol. The number of aliphatic hydroxyl groups is 1. The Kier molecular flexibility index (Phi) is 5.26. The van der Waals surface area contributed by atoms with Crippen molar-refractivity contribution in [3.8, 4) is 0 Å². The van der Waals surface area contributed by atoms with Crippen molar-refractivity contribution in [3.05, 3.63) is 0 Å². The molecule has 4 aliphatic rings. The summed E-state index contributed by atoms with van der Waals surface area (Å²) in [6.45, 7) is 10.2. The van der Waals surface area contributed by atoms with Crippen LogP contribution in [-0.4, -0.2) is 11.2 Å². The molecule has 0 radical (unpaired) electrons. The van der Waals surface area contributed by atoms with E-state index in [1.807, 2.05) is 0 Å². The zero-order valence-corrected chi connectivity index (χ0v) is 18.0. The molecule has 1 heteroatoms. The van der Waals surface area contributed by atoms with Crippen LogP contribution in [0.1, 0.15) is 105 Å². The molecule has 1 unspecified atom stereocenters. The largest absolute Gasteiger partial charge is 0.393 e. The number of fused-ring (bicyclic) bond motifs is 5. The predicted molar refractivity (Wildman–Crippen MR) is 110 cm³/mol. The van der Waals surface area contributed by atoms with Gasteiger partial charge < -0.3 is 5.11 Å². The maximum atomic E-state index is 10.2. The lowest BCUT2D eigenvalue weighted by Gasteiger charge is -2.61. The van der Waals surface area contributed by atoms with Crippen LogP contribution in [0, 0.1) is 46.3 Å². The van der Waals surface area contributed by atoms with Gasteiger partial charge in [0.1, 0.15) is 0 Å². The Labute approximate surface area is 162 Å². The van der Waals surface area contributed by atoms with Crippen molar-refractivity contribution in [3.63, 3.8) is 0 Å². The minimum atomic E-state index is -0.00578. The summed E-state index contributed by atoms with van der Waals surface area (Å²) in [6, 6.07) is 0. The quantitative estimate of drug-likeness (QED) is 0.582. The summed E-state index contributed by atoms with van der Waals surface area (Å²) in [4.78, 5) is 0. The predicted octanol–water partition coefficient (Wildman–Crippen LogP) is 6.83. The van der Waals surface area contributed by atoms with E-state index in [4.69, 9.17) is 0 Å². The highest BCUT2D eigenvalue weighted by molar-refractivity contribution is 5.09. The van der Waals surface area contributed by atoms with Gasteiger partial charge >= 0.3 is 0 Å². The third-order valence-corrected chi connectivity index (χ3v) is 10.4. The van der Waals surface area contributed by atoms with Crippen LogP contribution >= 0.6 is 0 Å². The van der Waals surface area contributed by atoms with Gasteiger partial charge in [-0.25, -0.2) is 0 Å². The van der Waals surface area contributed by atoms with Crippen LogP contribution < -0.4 is 0 Å². The first-order chi connectivity index (χ1) is 12.4. The van der Waals surface area contributed by atoms with Gasteiger partial charge in [0.2, 0.25) is 0 Å². The van der Waals surface area contributed by atoms with Gasteiger partial charge in [-0.05, 0) is 104 Å². The molecule has 0 aromatic heterocycles. The summed E-state index contributed by atoms with van der Waals surface area (Å²) in [5, 5.41) is 10.2. The summed E-state index contributed by atoms with van der Waals surface area (Å²) in [5.41, 5.74) is 1.17. The molecule has 0 aliphatic heterocycles. The van der Waals surface area contributed by atoms with E-state index in [0.29, 0.717) is 10.8 Å². The Balaban J connectivity index is 1.52. The van der Waals surface area contributed by atoms with Crippen molar-refractivity contribution in [1.82, 2.24) is 0 Å². The van der Waals surface area contributed by atoms with E-state index in [0.717, 1.165) is 48.3 Å². The smallest absolute Gasteiger partial charge is 0.0543 e. The standard InChI is InChI=1S/C25H44O/c1-5-6-7-17(2)21-10-11-22-20-9-8-18-16-19(26)12-14-24(18,3)23(20)13-15-25(21,22)4/h17-23,26H,5-16H2,1-4H3/t17-,18?,19-,20+,21-,22+,23+,24+,25-/m1/s1. The molecule has 0 saturated heterocycles. The summed E-state index contributed by atoms with van der Waals surface area (Å²) in [6.07, 6.45) is 16.5. The second-order valence-electron chi connectivity index (χ2n) is 11.4. The van der Waals surface area contributed by atoms with Gasteiger partial charge in [-0.1, -0.05) is 47.0 Å². The Morgan fingerprint density at radius 1 is 0.923 bits per heavy atom. The Morgan fingerprint density at radius 2 is 1.65 bits per heavy atom. The first-order valence-electron chi connectivity index (χ1n) is 12.1. The Morgan fingerprint density at radius 3 is 2.42 bits per heavy atom. The van der Waals surface area contributed by atoms with Crippen LogP contribution in [0.4, 0.5) is 0 Å². The normalized spacial score (nSPS) is 52.0. The summed E-state index contributed by atoms with van der Waals surface area (Å²) in [5.74, 6) is 5.67. The molecule has 0 bridgehead atoms. The topological polar surface area (TPSA) is 20.2 Å². The molecule has 26 heavy (non-hydrogen) atoms. The van der Waals surface area contributed by atoms with Crippen molar-refractivity contribution < 1.29 is 5.11 Å². The van der Waals surface area contributed by atoms with Gasteiger partial charge in [0.15, 0.2) is 0 Å². The number of unbranched alkanes of at least 4 members (excludes halogenated alkanes) is 1. The van der Waals surface area contributed by atoms with E-state index >= 15 is 0 Å². The van der Waals surface area contributed by atoms with Gasteiger partial charge in [0, 0.05) is 0 Å². The zero-order valence-electron chi connectivity index (χ0n) is 18.0. The van der Waals surface area contributed by atoms with Crippen molar-refractivity contribution >= 4 is 0 Å². The van der Waals surface area contributed by atoms with E-state index in [1.54, 1.807) is 0 Å². The number of aliphatic hydroxyl groups excluding tert-OH is 1. The Hall–Kier alpha value is -0.0400. The molecule has 1 nitrogen and oxygen atoms in total. The van der Waals surface area contributed by atoms with Crippen molar-refractivity contribution in [2.45, 2.75) is 111 Å². The number of hydrogen-bond acceptors (Lipinski definition) is 1. The van der Waals surface area contributed by atoms with Gasteiger partial charge in [0.25, 0.3) is 0 Å². The van der Waals surface area contributed by atoms with Crippen LogP contribution in [0.25, 0.3) is 0 Å². The molecule has 0 aromatic carbocycles. The minimum Gasteiger partial charge on any atom is -0.393 e. The maximum absolute atomic E-state index is 10.2. The van der Waals surface area contributed by atoms with E-state index in [-0.39, 0.29) is 6.10 Å². The van der Waals surface area contributed by atoms with E-state index in [2.05, 4.69) is 27.7 Å². The first-order valence-corrected chi connectivity index (χ1v) is 12.1. The SMILES string of the molecule is CCCC[C@@H](C)[C@H]1CC[C@H]2[C@@H]3CCC4C[C@H](O)CC[C@]4(C)[C@H]3CC[C@]12C. The van der Waals surface area contributed by atoms with Crippen molar-refractivity contribution in [2.75, 3.05) is 0 Å². The molecular formula is C25H44O. The molecule has 1 N–H and O–H groups in total. The van der Waals surface area contributed by atoms with E-state index in [9.17, 15) is 5.11 Å². The number of rotatable bonds is 4. The van der Waals surface area contributed by atoms with Crippen molar-refractivity contribution in [1.29, 1.82) is 0 Å². The second kappa shape index (κ2) is 7.09. The van der Waals surface area contributed by atoms with Crippen LogP contribution in [0.5, 0.6) is 0 Å². The lowest BCUT2D eigenvalue weighted by atomic mass is 9.44.